The number of nitrogens with one attached hydrogen (secondary N) is 3. The molecule has 1 rings (SSSR count). The molecule has 0 heterocycles. The molecule has 1 aliphatic carbocycles. The van der Waals surface area contributed by atoms with Gasteiger partial charge in [-0.25, -0.2) is 0 Å². The average Bonchev–Trinajstić information content (AvgIpc) is 2.59. The molecule has 1 aliphatic rings. The van der Waals surface area contributed by atoms with Gasteiger partial charge in [0, 0.05) is 20.0 Å². The van der Waals surface area contributed by atoms with E-state index in [1.807, 2.05) is 13.8 Å². The highest BCUT2D eigenvalue weighted by Gasteiger charge is 2.42. The topological polar surface area (TPSA) is 108 Å². The Bertz CT molecular complexity index is 497. The van der Waals surface area contributed by atoms with Gasteiger partial charge in [-0.05, 0) is 26.7 Å². The molecule has 8 heteroatoms. The number of carbonyl (C=O) groups excluding carboxylic acids is 4. The third-order valence-electron chi connectivity index (χ3n) is 4.49. The van der Waals surface area contributed by atoms with Crippen molar-refractivity contribution in [3.8, 4) is 0 Å². The van der Waals surface area contributed by atoms with Gasteiger partial charge in [0.05, 0.1) is 13.1 Å². The zero-order valence-corrected chi connectivity index (χ0v) is 15.4. The third-order valence-corrected chi connectivity index (χ3v) is 4.49. The number of likely N-dealkylation sites (N-methyl/N-ethyl adjacent to an activating group) is 1. The maximum absolute atomic E-state index is 12.9. The molecule has 0 atom stereocenters. The van der Waals surface area contributed by atoms with Gasteiger partial charge in [-0.3, -0.25) is 19.2 Å². The Morgan fingerprint density at radius 3 is 1.96 bits per heavy atom. The molecule has 0 saturated heterocycles. The molecule has 1 fully saturated rings. The molecule has 8 nitrogen and oxygen atoms in total. The van der Waals surface area contributed by atoms with Crippen molar-refractivity contribution in [1.82, 2.24) is 20.9 Å². The average molecular weight is 354 g/mol. The van der Waals surface area contributed by atoms with Crippen LogP contribution in [-0.4, -0.2) is 60.2 Å². The number of nitrogens with zero attached hydrogens (tertiary/aromatic N) is 1. The van der Waals surface area contributed by atoms with E-state index in [0.29, 0.717) is 25.9 Å². The van der Waals surface area contributed by atoms with Gasteiger partial charge < -0.3 is 20.9 Å². The van der Waals surface area contributed by atoms with E-state index in [1.54, 1.807) is 4.90 Å². The first-order valence-electron chi connectivity index (χ1n) is 8.96. The lowest BCUT2D eigenvalue weighted by Crippen LogP contribution is -2.61. The molecule has 0 unspecified atom stereocenters. The normalized spacial score (nSPS) is 15.8. The van der Waals surface area contributed by atoms with Crippen LogP contribution in [0.2, 0.25) is 0 Å². The lowest BCUT2D eigenvalue weighted by atomic mass is 9.80. The van der Waals surface area contributed by atoms with E-state index >= 15 is 0 Å². The monoisotopic (exact) mass is 354 g/mol. The van der Waals surface area contributed by atoms with Crippen LogP contribution in [-0.2, 0) is 19.2 Å². The summed E-state index contributed by atoms with van der Waals surface area (Å²) in [5, 5.41) is 7.68. The summed E-state index contributed by atoms with van der Waals surface area (Å²) in [6.45, 7) is 5.95. The molecule has 25 heavy (non-hydrogen) atoms. The summed E-state index contributed by atoms with van der Waals surface area (Å²) >= 11 is 0. The maximum atomic E-state index is 12.9. The highest BCUT2D eigenvalue weighted by molar-refractivity contribution is 5.93. The first-order chi connectivity index (χ1) is 11.8. The highest BCUT2D eigenvalue weighted by atomic mass is 16.2. The van der Waals surface area contributed by atoms with Crippen LogP contribution in [0.15, 0.2) is 0 Å². The smallest absolute Gasteiger partial charge is 0.248 e. The number of carbonyl (C=O) groups is 4. The molecule has 0 aliphatic heterocycles. The second-order valence-electron chi connectivity index (χ2n) is 6.35. The summed E-state index contributed by atoms with van der Waals surface area (Å²) in [5.74, 6) is -1.20. The van der Waals surface area contributed by atoms with Gasteiger partial charge in [-0.1, -0.05) is 19.3 Å². The van der Waals surface area contributed by atoms with Gasteiger partial charge in [0.1, 0.15) is 5.54 Å². The molecular weight excluding hydrogens is 324 g/mol. The Morgan fingerprint density at radius 1 is 0.880 bits per heavy atom. The van der Waals surface area contributed by atoms with Crippen LogP contribution in [0.1, 0.15) is 52.9 Å². The first kappa shape index (κ1) is 20.9. The van der Waals surface area contributed by atoms with Crippen molar-refractivity contribution in [3.63, 3.8) is 0 Å². The summed E-state index contributed by atoms with van der Waals surface area (Å²) in [7, 11) is 0. The van der Waals surface area contributed by atoms with Crippen LogP contribution >= 0.6 is 0 Å². The van der Waals surface area contributed by atoms with Gasteiger partial charge >= 0.3 is 0 Å². The number of amides is 4. The molecule has 0 radical (unpaired) electrons. The van der Waals surface area contributed by atoms with E-state index in [-0.39, 0.29) is 24.9 Å². The summed E-state index contributed by atoms with van der Waals surface area (Å²) < 4.78 is 0. The van der Waals surface area contributed by atoms with Crippen LogP contribution in [0.5, 0.6) is 0 Å². The van der Waals surface area contributed by atoms with Crippen molar-refractivity contribution < 1.29 is 19.2 Å². The van der Waals surface area contributed by atoms with Gasteiger partial charge in [0.2, 0.25) is 23.6 Å². The molecule has 1 saturated carbocycles. The lowest BCUT2D eigenvalue weighted by molar-refractivity contribution is -0.143. The SMILES string of the molecule is CCN(CC)C(=O)C1(NC(=O)CNC(=O)CNC(C)=O)CCCCC1. The number of hydrogen-bond donors (Lipinski definition) is 3. The van der Waals surface area contributed by atoms with Crippen molar-refractivity contribution in [2.45, 2.75) is 58.4 Å². The van der Waals surface area contributed by atoms with Crippen molar-refractivity contribution in [2.24, 2.45) is 0 Å². The van der Waals surface area contributed by atoms with E-state index in [1.165, 1.54) is 6.92 Å². The van der Waals surface area contributed by atoms with Gasteiger partial charge in [-0.15, -0.1) is 0 Å². The molecule has 0 spiro atoms. The second-order valence-corrected chi connectivity index (χ2v) is 6.35. The first-order valence-corrected chi connectivity index (χ1v) is 8.96. The van der Waals surface area contributed by atoms with Gasteiger partial charge in [0.25, 0.3) is 0 Å². The standard InChI is InChI=1S/C17H30N4O4/c1-4-21(5-2)16(25)17(9-7-6-8-10-17)20-15(24)12-19-14(23)11-18-13(3)22/h4-12H2,1-3H3,(H,18,22)(H,19,23)(H,20,24). The molecule has 0 aromatic rings. The zero-order valence-electron chi connectivity index (χ0n) is 15.4. The van der Waals surface area contributed by atoms with E-state index < -0.39 is 17.4 Å². The number of hydrogen-bond acceptors (Lipinski definition) is 4. The number of rotatable bonds is 8. The third kappa shape index (κ3) is 6.36. The van der Waals surface area contributed by atoms with Gasteiger partial charge in [0.15, 0.2) is 0 Å². The summed E-state index contributed by atoms with van der Waals surface area (Å²) in [4.78, 5) is 49.3. The molecule has 0 aromatic heterocycles. The predicted octanol–water partition coefficient (Wildman–Crippen LogP) is -0.0738. The van der Waals surface area contributed by atoms with Crippen molar-refractivity contribution in [1.29, 1.82) is 0 Å². The Labute approximate surface area is 149 Å². The maximum Gasteiger partial charge on any atom is 0.248 e. The van der Waals surface area contributed by atoms with E-state index in [2.05, 4.69) is 16.0 Å². The summed E-state index contributed by atoms with van der Waals surface area (Å²) in [6.07, 6.45) is 4.07. The fourth-order valence-electron chi connectivity index (χ4n) is 3.12. The minimum Gasteiger partial charge on any atom is -0.347 e. The van der Waals surface area contributed by atoms with Crippen molar-refractivity contribution in [3.05, 3.63) is 0 Å². The largest absolute Gasteiger partial charge is 0.347 e. The quantitative estimate of drug-likeness (QED) is 0.567. The molecular formula is C17H30N4O4. The van der Waals surface area contributed by atoms with Crippen molar-refractivity contribution >= 4 is 23.6 Å². The molecule has 3 N–H and O–H groups in total. The van der Waals surface area contributed by atoms with Crippen LogP contribution < -0.4 is 16.0 Å². The fourth-order valence-corrected chi connectivity index (χ4v) is 3.12. The molecule has 142 valence electrons. The van der Waals surface area contributed by atoms with Crippen LogP contribution in [0.4, 0.5) is 0 Å². The van der Waals surface area contributed by atoms with E-state index in [4.69, 9.17) is 0 Å². The summed E-state index contributed by atoms with van der Waals surface area (Å²) in [5.41, 5.74) is -0.871. The van der Waals surface area contributed by atoms with Crippen LogP contribution in [0, 0.1) is 0 Å². The van der Waals surface area contributed by atoms with Crippen LogP contribution in [0.25, 0.3) is 0 Å². The Morgan fingerprint density at radius 2 is 1.44 bits per heavy atom. The second kappa shape index (κ2) is 10.0. The van der Waals surface area contributed by atoms with E-state index in [0.717, 1.165) is 19.3 Å². The molecule has 4 amide bonds. The Balaban J connectivity index is 2.65. The zero-order chi connectivity index (χ0) is 18.9. The predicted molar refractivity (Wildman–Crippen MR) is 93.6 cm³/mol. The van der Waals surface area contributed by atoms with Gasteiger partial charge in [-0.2, -0.15) is 0 Å². The fraction of sp³-hybridized carbons (Fsp3) is 0.765. The Kier molecular flexibility index (Phi) is 8.37. The van der Waals surface area contributed by atoms with Crippen LogP contribution in [0.3, 0.4) is 0 Å². The lowest BCUT2D eigenvalue weighted by Gasteiger charge is -2.40. The van der Waals surface area contributed by atoms with E-state index in [9.17, 15) is 19.2 Å². The molecule has 0 aromatic carbocycles. The highest BCUT2D eigenvalue weighted by Crippen LogP contribution is 2.30. The molecule has 0 bridgehead atoms. The minimum atomic E-state index is -0.871. The minimum absolute atomic E-state index is 0.0462. The summed E-state index contributed by atoms with van der Waals surface area (Å²) in [6, 6.07) is 0. The Hall–Kier alpha value is -2.12. The van der Waals surface area contributed by atoms with Crippen molar-refractivity contribution in [2.75, 3.05) is 26.2 Å².